The second kappa shape index (κ2) is 9.28. The Bertz CT molecular complexity index is 717. The highest BCUT2D eigenvalue weighted by molar-refractivity contribution is 5.63. The minimum atomic E-state index is 0.926. The molecule has 0 fully saturated rings. The molecule has 1 heterocycles. The molecular weight excluding hydrogens is 316 g/mol. The maximum absolute atomic E-state index is 4.63. The standard InChI is InChI=1S/C24H28N2/c1-3-5-7-19-9-13-21(14-10-19)23-17-26-24(18-25-23)22-15-11-20(12-16-22)8-6-4-2/h9-18H,3-8H2,1-2H3. The Kier molecular flexibility index (Phi) is 6.54. The molecule has 26 heavy (non-hydrogen) atoms. The Morgan fingerprint density at radius 1 is 0.577 bits per heavy atom. The summed E-state index contributed by atoms with van der Waals surface area (Å²) in [6.07, 6.45) is 11.0. The summed E-state index contributed by atoms with van der Waals surface area (Å²) in [5.41, 5.74) is 6.89. The third-order valence-corrected chi connectivity index (χ3v) is 4.79. The van der Waals surface area contributed by atoms with Crippen molar-refractivity contribution in [3.63, 3.8) is 0 Å². The second-order valence-corrected chi connectivity index (χ2v) is 6.89. The van der Waals surface area contributed by atoms with E-state index < -0.39 is 0 Å². The summed E-state index contributed by atoms with van der Waals surface area (Å²) in [6.45, 7) is 4.45. The quantitative estimate of drug-likeness (QED) is 0.466. The van der Waals surface area contributed by atoms with Crippen molar-refractivity contribution in [2.45, 2.75) is 52.4 Å². The average molecular weight is 345 g/mol. The summed E-state index contributed by atoms with van der Waals surface area (Å²) in [5, 5.41) is 0. The molecule has 0 aliphatic rings. The number of unbranched alkanes of at least 4 members (excludes halogenated alkanes) is 2. The highest BCUT2D eigenvalue weighted by atomic mass is 14.8. The van der Waals surface area contributed by atoms with Crippen LogP contribution in [0.4, 0.5) is 0 Å². The van der Waals surface area contributed by atoms with E-state index in [2.05, 4.69) is 72.3 Å². The van der Waals surface area contributed by atoms with Gasteiger partial charge < -0.3 is 0 Å². The summed E-state index contributed by atoms with van der Waals surface area (Å²) in [4.78, 5) is 9.25. The molecule has 134 valence electrons. The van der Waals surface area contributed by atoms with E-state index in [-0.39, 0.29) is 0 Å². The van der Waals surface area contributed by atoms with Gasteiger partial charge in [0.05, 0.1) is 23.8 Å². The largest absolute Gasteiger partial charge is 0.252 e. The maximum atomic E-state index is 4.63. The molecule has 3 rings (SSSR count). The lowest BCUT2D eigenvalue weighted by Crippen LogP contribution is -1.91. The van der Waals surface area contributed by atoms with E-state index in [0.717, 1.165) is 35.4 Å². The Balaban J connectivity index is 1.69. The van der Waals surface area contributed by atoms with Crippen LogP contribution < -0.4 is 0 Å². The van der Waals surface area contributed by atoms with Gasteiger partial charge in [-0.15, -0.1) is 0 Å². The number of hydrogen-bond donors (Lipinski definition) is 0. The predicted octanol–water partition coefficient (Wildman–Crippen LogP) is 6.50. The fourth-order valence-corrected chi connectivity index (χ4v) is 3.07. The lowest BCUT2D eigenvalue weighted by molar-refractivity contribution is 0.795. The Labute approximate surface area is 157 Å². The second-order valence-electron chi connectivity index (χ2n) is 6.89. The minimum Gasteiger partial charge on any atom is -0.252 e. The van der Waals surface area contributed by atoms with E-state index in [1.165, 1.54) is 36.8 Å². The Hall–Kier alpha value is -2.48. The molecule has 0 spiro atoms. The number of benzene rings is 2. The van der Waals surface area contributed by atoms with Crippen LogP contribution in [0.3, 0.4) is 0 Å². The number of rotatable bonds is 8. The molecule has 0 aliphatic carbocycles. The molecule has 3 aromatic rings. The van der Waals surface area contributed by atoms with Crippen LogP contribution in [0, 0.1) is 0 Å². The first-order chi connectivity index (χ1) is 12.8. The van der Waals surface area contributed by atoms with Gasteiger partial charge in [0.1, 0.15) is 0 Å². The highest BCUT2D eigenvalue weighted by Gasteiger charge is 2.04. The van der Waals surface area contributed by atoms with Crippen LogP contribution in [0.25, 0.3) is 22.5 Å². The smallest absolute Gasteiger partial charge is 0.0885 e. The summed E-state index contributed by atoms with van der Waals surface area (Å²) in [6, 6.07) is 17.4. The molecule has 2 nitrogen and oxygen atoms in total. The van der Waals surface area contributed by atoms with Crippen LogP contribution >= 0.6 is 0 Å². The van der Waals surface area contributed by atoms with Crippen molar-refractivity contribution in [3.05, 3.63) is 72.1 Å². The van der Waals surface area contributed by atoms with E-state index in [1.54, 1.807) is 0 Å². The number of aromatic nitrogens is 2. The van der Waals surface area contributed by atoms with Gasteiger partial charge in [0.25, 0.3) is 0 Å². The molecule has 0 bridgehead atoms. The molecule has 0 amide bonds. The molecule has 0 saturated heterocycles. The lowest BCUT2D eigenvalue weighted by Gasteiger charge is -2.06. The van der Waals surface area contributed by atoms with Crippen LogP contribution in [-0.2, 0) is 12.8 Å². The van der Waals surface area contributed by atoms with Gasteiger partial charge in [0.15, 0.2) is 0 Å². The Morgan fingerprint density at radius 2 is 0.962 bits per heavy atom. The topological polar surface area (TPSA) is 25.8 Å². The van der Waals surface area contributed by atoms with Gasteiger partial charge in [0.2, 0.25) is 0 Å². The number of aryl methyl sites for hydroxylation is 2. The van der Waals surface area contributed by atoms with E-state index in [9.17, 15) is 0 Å². The Morgan fingerprint density at radius 3 is 1.27 bits per heavy atom. The normalized spacial score (nSPS) is 10.8. The first kappa shape index (κ1) is 18.3. The third kappa shape index (κ3) is 4.78. The first-order valence-electron chi connectivity index (χ1n) is 9.81. The number of nitrogens with zero attached hydrogens (tertiary/aromatic N) is 2. The van der Waals surface area contributed by atoms with Gasteiger partial charge in [-0.25, -0.2) is 0 Å². The van der Waals surface area contributed by atoms with Crippen molar-refractivity contribution in [1.82, 2.24) is 9.97 Å². The van der Waals surface area contributed by atoms with Crippen molar-refractivity contribution in [1.29, 1.82) is 0 Å². The number of hydrogen-bond acceptors (Lipinski definition) is 2. The molecular formula is C24H28N2. The van der Waals surface area contributed by atoms with Gasteiger partial charge in [0, 0.05) is 11.1 Å². The van der Waals surface area contributed by atoms with Crippen molar-refractivity contribution in [3.8, 4) is 22.5 Å². The van der Waals surface area contributed by atoms with Crippen molar-refractivity contribution >= 4 is 0 Å². The van der Waals surface area contributed by atoms with E-state index in [0.29, 0.717) is 0 Å². The van der Waals surface area contributed by atoms with Crippen molar-refractivity contribution < 1.29 is 0 Å². The fraction of sp³-hybridized carbons (Fsp3) is 0.333. The van der Waals surface area contributed by atoms with Crippen LogP contribution in [0.15, 0.2) is 60.9 Å². The molecule has 0 unspecified atom stereocenters. The molecule has 0 aliphatic heterocycles. The van der Waals surface area contributed by atoms with Crippen LogP contribution in [-0.4, -0.2) is 9.97 Å². The zero-order valence-corrected chi connectivity index (χ0v) is 15.9. The fourth-order valence-electron chi connectivity index (χ4n) is 3.07. The maximum Gasteiger partial charge on any atom is 0.0885 e. The molecule has 0 N–H and O–H groups in total. The zero-order chi connectivity index (χ0) is 18.2. The van der Waals surface area contributed by atoms with E-state index in [1.807, 2.05) is 12.4 Å². The van der Waals surface area contributed by atoms with Gasteiger partial charge in [-0.2, -0.15) is 0 Å². The summed E-state index contributed by atoms with van der Waals surface area (Å²) >= 11 is 0. The molecule has 2 aromatic carbocycles. The van der Waals surface area contributed by atoms with Crippen molar-refractivity contribution in [2.24, 2.45) is 0 Å². The van der Waals surface area contributed by atoms with Gasteiger partial charge in [-0.1, -0.05) is 75.2 Å². The molecule has 0 saturated carbocycles. The SMILES string of the molecule is CCCCc1ccc(-c2cnc(-c3ccc(CCCC)cc3)cn2)cc1. The summed E-state index contributed by atoms with van der Waals surface area (Å²) < 4.78 is 0. The molecule has 0 radical (unpaired) electrons. The lowest BCUT2D eigenvalue weighted by atomic mass is 10.0. The van der Waals surface area contributed by atoms with Crippen LogP contribution in [0.2, 0.25) is 0 Å². The van der Waals surface area contributed by atoms with Crippen LogP contribution in [0.1, 0.15) is 50.7 Å². The van der Waals surface area contributed by atoms with Gasteiger partial charge in [-0.3, -0.25) is 9.97 Å². The predicted molar refractivity (Wildman–Crippen MR) is 110 cm³/mol. The average Bonchev–Trinajstić information content (AvgIpc) is 2.72. The minimum absolute atomic E-state index is 0.926. The van der Waals surface area contributed by atoms with Gasteiger partial charge in [-0.05, 0) is 36.8 Å². The van der Waals surface area contributed by atoms with Gasteiger partial charge >= 0.3 is 0 Å². The third-order valence-electron chi connectivity index (χ3n) is 4.79. The molecule has 0 atom stereocenters. The highest BCUT2D eigenvalue weighted by Crippen LogP contribution is 2.21. The molecule has 1 aromatic heterocycles. The first-order valence-corrected chi connectivity index (χ1v) is 9.81. The molecule has 2 heteroatoms. The monoisotopic (exact) mass is 344 g/mol. The summed E-state index contributed by atoms with van der Waals surface area (Å²) in [7, 11) is 0. The van der Waals surface area contributed by atoms with E-state index >= 15 is 0 Å². The van der Waals surface area contributed by atoms with Crippen LogP contribution in [0.5, 0.6) is 0 Å². The van der Waals surface area contributed by atoms with Crippen molar-refractivity contribution in [2.75, 3.05) is 0 Å². The van der Waals surface area contributed by atoms with E-state index in [4.69, 9.17) is 0 Å². The zero-order valence-electron chi connectivity index (χ0n) is 15.9. The summed E-state index contributed by atoms with van der Waals surface area (Å²) in [5.74, 6) is 0.